The van der Waals surface area contributed by atoms with Gasteiger partial charge in [0.15, 0.2) is 0 Å². The maximum atomic E-state index is 13.3. The first-order chi connectivity index (χ1) is 63.5. The monoisotopic (exact) mass is 2200 g/mol. The fourth-order valence-electron chi connectivity index (χ4n) is 15.2. The number of ether oxygens (including phenoxy) is 8. The number of rotatable bonds is 19. The van der Waals surface area contributed by atoms with Gasteiger partial charge < -0.3 is 83.0 Å². The first-order valence-corrected chi connectivity index (χ1v) is 46.0. The fraction of sp³-hybridized carbons (Fsp3) is 0.462. The van der Waals surface area contributed by atoms with Crippen LogP contribution in [0.25, 0.3) is 33.1 Å². The first kappa shape index (κ1) is 117. The van der Waals surface area contributed by atoms with Crippen LogP contribution in [0.3, 0.4) is 0 Å². The Balaban J connectivity index is 0.000000323. The summed E-state index contributed by atoms with van der Waals surface area (Å²) in [6.07, 6.45) is 24.8. The second-order valence-corrected chi connectivity index (χ2v) is 36.2. The van der Waals surface area contributed by atoms with E-state index in [0.29, 0.717) is 181 Å². The van der Waals surface area contributed by atoms with Gasteiger partial charge >= 0.3 is 150 Å². The van der Waals surface area contributed by atoms with Crippen LogP contribution in [-0.4, -0.2) is 235 Å². The second kappa shape index (κ2) is 56.5. The number of nitrogens with zero attached hydrogens (tertiary/aromatic N) is 12. The van der Waals surface area contributed by atoms with Gasteiger partial charge in [0.2, 0.25) is 23.8 Å². The summed E-state index contributed by atoms with van der Waals surface area (Å²) in [7, 11) is -3.29. The van der Waals surface area contributed by atoms with Gasteiger partial charge in [-0.25, -0.2) is 24.5 Å². The summed E-state index contributed by atoms with van der Waals surface area (Å²) in [5.41, 5.74) is 5.96. The van der Waals surface area contributed by atoms with E-state index in [4.69, 9.17) is 92.8 Å². The number of carbonyl (C=O) groups excluding carboxylic acids is 8. The number of anilines is 3. The van der Waals surface area contributed by atoms with E-state index in [1.54, 1.807) is 87.9 Å². The Morgan fingerprint density at radius 2 is 0.868 bits per heavy atom. The molecule has 0 bridgehead atoms. The smallest absolute Gasteiger partial charge is 1.00 e. The summed E-state index contributed by atoms with van der Waals surface area (Å²) in [5.74, 6) is 0.941. The van der Waals surface area contributed by atoms with Crippen molar-refractivity contribution in [3.8, 4) is 30.1 Å². The zero-order chi connectivity index (χ0) is 96.9. The van der Waals surface area contributed by atoms with E-state index in [9.17, 15) is 42.3 Å². The zero-order valence-corrected chi connectivity index (χ0v) is 93.5. The summed E-state index contributed by atoms with van der Waals surface area (Å²) in [4.78, 5) is 130. The molecule has 0 radical (unpaired) electrons. The molecular formula is C93H118Cl3Cs2N15O22S. The zero-order valence-electron chi connectivity index (χ0n) is 78.9. The van der Waals surface area contributed by atoms with Crippen LogP contribution < -0.4 is 168 Å². The molecular weight excluding hydrogens is 2080 g/mol. The molecule has 43 heteroatoms. The third-order valence-electron chi connectivity index (χ3n) is 21.0. The number of aromatic nitrogens is 9. The number of hydrogen-bond acceptors (Lipinski definition) is 28. The van der Waals surface area contributed by atoms with Gasteiger partial charge in [0, 0.05) is 118 Å². The number of hydrogen-bond donors (Lipinski definition) is 4. The average molecular weight is 2200 g/mol. The topological polar surface area (TPSA) is 444 Å². The number of pyridine rings is 3. The SMILES string of the molecule is C.C#C.C=CC(=O)N1CCCC[C@@H](n2c(NC(=O)c3ccnc(C)c3)nc3ccc(OC4CCOC4)c(Cl)c32)C1.C=COC=O.CS(=O)(=O)OC1CCOC1.Cc1cc(C(=O)Nc2nc3ccc(O)c(Cl)c3n2[C@@H]2CCCCN(C(=O)OC(C)(C)C)C2)ccn1.Cc1cc(C(=O)Nc2nc3ccc(OC4CCOC4)c(Cl)c3n2[C@@H]2CCCCN(C(=O)OC(C)(C)C)C2)ccn1.O=CO[O-].[Cs+].[Cs+].[H-]. The number of amides is 6. The summed E-state index contributed by atoms with van der Waals surface area (Å²) >= 11 is 20.5. The molecule has 6 atom stereocenters. The van der Waals surface area contributed by atoms with Gasteiger partial charge in [0.25, 0.3) is 40.8 Å². The van der Waals surface area contributed by atoms with E-state index >= 15 is 0 Å². The number of aryl methyl sites for hydroxylation is 3. The Hall–Kier alpha value is -7.96. The minimum Gasteiger partial charge on any atom is -1.00 e. The summed E-state index contributed by atoms with van der Waals surface area (Å²) in [5, 5.41) is 28.6. The number of carbonyl (C=O) groups is 8. The predicted octanol–water partition coefficient (Wildman–Crippen LogP) is 9.14. The molecule has 0 aliphatic carbocycles. The molecule has 6 aromatic heterocycles. The molecule has 9 aromatic rings. The van der Waals surface area contributed by atoms with Gasteiger partial charge in [0.1, 0.15) is 61.8 Å². The Bertz CT molecular complexity index is 5700. The van der Waals surface area contributed by atoms with Crippen molar-refractivity contribution in [2.45, 2.75) is 194 Å². The summed E-state index contributed by atoms with van der Waals surface area (Å²) in [6, 6.07) is 19.9. The molecule has 6 aliphatic heterocycles. The number of imidazole rings is 3. The second-order valence-electron chi connectivity index (χ2n) is 33.5. The van der Waals surface area contributed by atoms with Crippen molar-refractivity contribution < 1.29 is 243 Å². The molecule has 0 spiro atoms. The Morgan fingerprint density at radius 1 is 0.529 bits per heavy atom. The predicted molar refractivity (Wildman–Crippen MR) is 505 cm³/mol. The Labute approximate surface area is 925 Å². The quantitative estimate of drug-likeness (QED) is 0.00856. The molecule has 15 rings (SSSR count). The Kier molecular flexibility index (Phi) is 48.5. The molecule has 12 heterocycles. The molecule has 136 heavy (non-hydrogen) atoms. The van der Waals surface area contributed by atoms with Gasteiger partial charge in [-0.05, 0) is 199 Å². The van der Waals surface area contributed by atoms with Crippen LogP contribution in [0.1, 0.15) is 194 Å². The summed E-state index contributed by atoms with van der Waals surface area (Å²) in [6.45, 7) is 29.7. The van der Waals surface area contributed by atoms with Crippen molar-refractivity contribution in [1.29, 1.82) is 0 Å². The van der Waals surface area contributed by atoms with E-state index < -0.39 is 21.3 Å². The third-order valence-corrected chi connectivity index (χ3v) is 22.7. The van der Waals surface area contributed by atoms with Crippen LogP contribution >= 0.6 is 34.8 Å². The van der Waals surface area contributed by atoms with E-state index in [0.717, 1.165) is 100 Å². The van der Waals surface area contributed by atoms with E-state index in [1.807, 2.05) is 88.1 Å². The van der Waals surface area contributed by atoms with Crippen molar-refractivity contribution in [3.63, 3.8) is 0 Å². The molecule has 3 aromatic carbocycles. The molecule has 6 saturated heterocycles. The van der Waals surface area contributed by atoms with Gasteiger partial charge in [-0.1, -0.05) is 55.4 Å². The average Bonchev–Trinajstić information content (AvgIpc) is 1.62. The number of likely N-dealkylation sites (tertiary alicyclic amines) is 3. The van der Waals surface area contributed by atoms with Crippen LogP contribution in [0.2, 0.25) is 15.1 Å². The van der Waals surface area contributed by atoms with Crippen LogP contribution in [0.5, 0.6) is 17.2 Å². The molecule has 3 unspecified atom stereocenters. The van der Waals surface area contributed by atoms with Crippen molar-refractivity contribution in [1.82, 2.24) is 58.3 Å². The van der Waals surface area contributed by atoms with E-state index in [2.05, 4.69) is 75.7 Å². The molecule has 37 nitrogen and oxygen atoms in total. The van der Waals surface area contributed by atoms with Crippen LogP contribution in [-0.2, 0) is 62.0 Å². The molecule has 726 valence electrons. The van der Waals surface area contributed by atoms with Crippen LogP contribution in [0.4, 0.5) is 27.4 Å². The number of phenols is 1. The maximum Gasteiger partial charge on any atom is 1.00 e. The molecule has 4 N–H and O–H groups in total. The molecule has 0 saturated carbocycles. The molecule has 6 amide bonds. The number of benzene rings is 3. The van der Waals surface area contributed by atoms with Gasteiger partial charge in [-0.3, -0.25) is 63.9 Å². The standard InChI is InChI=1S/C29H36ClN5O5.C27H30ClN5O4.C25H30ClN5O4.C5H10O4S.C3H4O2.C2H2.CH2O3.CH4.2Cs.H/c1-18-15-19(10-12-31-18)26(36)33-27-32-22-8-9-23(39-21-11-14-38-17-21)24(30)25(22)35(27)20-7-5-6-13-34(16-20)28(37)40-29(2,3)4;1-3-23(34)32-12-5-4-6-19(15-32)33-25-21(7-8-22(24(25)28)37-20-10-13-36-16-20)30-27(33)31-26(35)18-9-11-29-17(2)14-18;1-15-13-16(10-11-27-15)22(33)29-23-28-18-8-9-19(32)20(26)21(18)31(23)17-7-5-6-12-30(14-17)24(34)35-25(2,3)4;1-10(6,7)9-5-2-3-8-4-5;1-2-5-3-4;1-2;2-1-4-3;;;;/h8-10,12,15,20-21H,5-7,11,13-14,16-17H2,1-4H3,(H,32,33,36);3,7-9,11,14,19-20H,1,4-6,10,12-13,15-16H2,2H3,(H,30,31,35);8-11,13,17,32H,5-7,12,14H2,1-4H3,(H,28,29,33);5H,2-4H2,1H3;2-3H,1H2;1-2H;1,3H;1H4;;;/q;;;;;;;;2*+1;-1/p-1/t20-,21?;19-,20?;17-;;;;;;;;/m111......../s1. The van der Waals surface area contributed by atoms with Gasteiger partial charge in [-0.2, -0.15) is 8.42 Å². The molecule has 6 fully saturated rings. The van der Waals surface area contributed by atoms with Crippen LogP contribution in [0.15, 0.2) is 117 Å². The van der Waals surface area contributed by atoms with Crippen LogP contribution in [0, 0.1) is 33.6 Å². The Morgan fingerprint density at radius 3 is 1.17 bits per heavy atom. The number of halogens is 3. The van der Waals surface area contributed by atoms with Gasteiger partial charge in [0.05, 0.1) is 96.8 Å². The normalized spacial score (nSPS) is 18.0. The van der Waals surface area contributed by atoms with E-state index in [1.165, 1.54) is 12.1 Å². The number of phenolic OH excluding ortho intramolecular Hbond substituents is 1. The minimum absolute atomic E-state index is 0. The number of nitrogens with one attached hydrogen (secondary N) is 3. The third kappa shape index (κ3) is 34.5. The van der Waals surface area contributed by atoms with Crippen molar-refractivity contribution in [2.24, 2.45) is 0 Å². The number of fused-ring (bicyclic) bond motifs is 3. The van der Waals surface area contributed by atoms with Gasteiger partial charge in [-0.15, -0.1) is 12.8 Å². The minimum atomic E-state index is -3.29. The largest absolute Gasteiger partial charge is 1.00 e. The fourth-order valence-corrected chi connectivity index (χ4v) is 16.7. The number of aromatic hydroxyl groups is 1. The summed E-state index contributed by atoms with van der Waals surface area (Å²) < 4.78 is 74.8. The van der Waals surface area contributed by atoms with Crippen molar-refractivity contribution >= 4 is 145 Å². The van der Waals surface area contributed by atoms with Crippen molar-refractivity contribution in [3.05, 3.63) is 166 Å². The first-order valence-electron chi connectivity index (χ1n) is 43.1. The van der Waals surface area contributed by atoms with Crippen molar-refractivity contribution in [2.75, 3.05) is 101 Å². The maximum absolute atomic E-state index is 13.3. The number of terminal acetylenes is 1. The van der Waals surface area contributed by atoms with E-state index in [-0.39, 0.29) is 236 Å². The molecule has 6 aliphatic rings.